The monoisotopic (exact) mass is 786 g/mol. The first kappa shape index (κ1) is 40.6. The molecule has 6 heterocycles. The first-order valence-electron chi connectivity index (χ1n) is 20.1. The highest BCUT2D eigenvalue weighted by Gasteiger charge is 2.37. The van der Waals surface area contributed by atoms with Crippen LogP contribution in [0.5, 0.6) is 0 Å². The third-order valence-corrected chi connectivity index (χ3v) is 11.4. The molecule has 304 valence electrons. The van der Waals surface area contributed by atoms with E-state index in [4.69, 9.17) is 19.4 Å². The minimum Gasteiger partial charge on any atom is -0.378 e. The molecule has 0 aliphatic heterocycles. The lowest BCUT2D eigenvalue weighted by Crippen LogP contribution is -2.46. The van der Waals surface area contributed by atoms with E-state index in [0.29, 0.717) is 41.6 Å². The van der Waals surface area contributed by atoms with Crippen LogP contribution in [-0.4, -0.2) is 64.7 Å². The van der Waals surface area contributed by atoms with Gasteiger partial charge in [0.15, 0.2) is 0 Å². The molecule has 2 amide bonds. The van der Waals surface area contributed by atoms with Crippen LogP contribution in [0.3, 0.4) is 0 Å². The van der Waals surface area contributed by atoms with Crippen molar-refractivity contribution in [2.75, 3.05) is 14.2 Å². The van der Waals surface area contributed by atoms with Gasteiger partial charge in [0.05, 0.1) is 46.8 Å². The molecule has 6 aromatic heterocycles. The van der Waals surface area contributed by atoms with Crippen LogP contribution >= 0.6 is 0 Å². The summed E-state index contributed by atoms with van der Waals surface area (Å²) in [7, 11) is 3.32. The molecule has 0 radical (unpaired) electrons. The fraction of sp³-hybridized carbons (Fsp3) is 0.455. The summed E-state index contributed by atoms with van der Waals surface area (Å²) in [5, 5.41) is 6.49. The summed E-state index contributed by atoms with van der Waals surface area (Å²) in [6, 6.07) is 7.75. The molecule has 14 heteroatoms. The SMILES string of the molecule is COCc1cc(C(C)C)n2ccc(C(=O)NC3(C)CCCc4ncncc43)c2n1.COCc1cc(C(C)C)nc2c(C(=O)NC3(C)CCCc4ncncc43)ccn12. The maximum Gasteiger partial charge on any atom is 0.255 e. The summed E-state index contributed by atoms with van der Waals surface area (Å²) in [6.07, 6.45) is 16.1. The average Bonchev–Trinajstić information content (AvgIpc) is 3.84. The number of aromatic nitrogens is 8. The van der Waals surface area contributed by atoms with E-state index in [1.165, 1.54) is 0 Å². The number of hydrogen-bond acceptors (Lipinski definition) is 10. The number of carbonyl (C=O) groups excluding carboxylic acids is 2. The van der Waals surface area contributed by atoms with E-state index in [1.54, 1.807) is 26.9 Å². The fourth-order valence-corrected chi connectivity index (χ4v) is 8.31. The minimum atomic E-state index is -0.495. The number of rotatable bonds is 10. The van der Waals surface area contributed by atoms with Crippen molar-refractivity contribution < 1.29 is 19.1 Å². The van der Waals surface area contributed by atoms with Crippen molar-refractivity contribution in [2.45, 2.75) is 116 Å². The summed E-state index contributed by atoms with van der Waals surface area (Å²) >= 11 is 0. The van der Waals surface area contributed by atoms with Crippen molar-refractivity contribution in [3.05, 3.63) is 118 Å². The van der Waals surface area contributed by atoms with E-state index in [1.807, 2.05) is 71.7 Å². The summed E-state index contributed by atoms with van der Waals surface area (Å²) in [4.78, 5) is 53.3. The highest BCUT2D eigenvalue weighted by Crippen LogP contribution is 2.35. The van der Waals surface area contributed by atoms with E-state index in [-0.39, 0.29) is 17.7 Å². The van der Waals surface area contributed by atoms with E-state index in [2.05, 4.69) is 58.3 Å². The van der Waals surface area contributed by atoms with Gasteiger partial charge in [0.2, 0.25) is 0 Å². The Morgan fingerprint density at radius 1 is 0.741 bits per heavy atom. The van der Waals surface area contributed by atoms with Crippen LogP contribution in [0.25, 0.3) is 11.3 Å². The van der Waals surface area contributed by atoms with E-state index < -0.39 is 11.1 Å². The van der Waals surface area contributed by atoms with Crippen molar-refractivity contribution >= 4 is 23.1 Å². The Hall–Kier alpha value is -5.60. The van der Waals surface area contributed by atoms with Gasteiger partial charge in [-0.05, 0) is 88.5 Å². The molecule has 2 unspecified atom stereocenters. The third kappa shape index (κ3) is 7.95. The van der Waals surface area contributed by atoms with Gasteiger partial charge in [-0.3, -0.25) is 9.59 Å². The molecule has 0 saturated carbocycles. The second kappa shape index (κ2) is 16.7. The first-order chi connectivity index (χ1) is 27.9. The summed E-state index contributed by atoms with van der Waals surface area (Å²) in [5.41, 5.74) is 9.32. The number of nitrogens with zero attached hydrogens (tertiary/aromatic N) is 8. The van der Waals surface area contributed by atoms with E-state index in [9.17, 15) is 9.59 Å². The molecular weight excluding hydrogens is 733 g/mol. The minimum absolute atomic E-state index is 0.136. The van der Waals surface area contributed by atoms with Gasteiger partial charge < -0.3 is 28.9 Å². The average molecular weight is 787 g/mol. The van der Waals surface area contributed by atoms with Crippen LogP contribution in [0, 0.1) is 0 Å². The largest absolute Gasteiger partial charge is 0.378 e. The zero-order valence-electron chi connectivity index (χ0n) is 34.8. The number of carbonyl (C=O) groups is 2. The molecule has 58 heavy (non-hydrogen) atoms. The third-order valence-electron chi connectivity index (χ3n) is 11.4. The Morgan fingerprint density at radius 3 is 1.79 bits per heavy atom. The molecule has 0 bridgehead atoms. The quantitative estimate of drug-likeness (QED) is 0.152. The fourth-order valence-electron chi connectivity index (χ4n) is 8.31. The van der Waals surface area contributed by atoms with Gasteiger partial charge in [-0.15, -0.1) is 0 Å². The number of ether oxygens (including phenoxy) is 2. The van der Waals surface area contributed by atoms with Gasteiger partial charge in [0.1, 0.15) is 23.9 Å². The molecule has 0 spiro atoms. The summed E-state index contributed by atoms with van der Waals surface area (Å²) in [6.45, 7) is 13.4. The molecule has 0 aromatic carbocycles. The number of nitrogens with one attached hydrogen (secondary N) is 2. The van der Waals surface area contributed by atoms with Crippen LogP contribution in [0.15, 0.2) is 61.7 Å². The van der Waals surface area contributed by atoms with Gasteiger partial charge in [-0.25, -0.2) is 29.9 Å². The normalized spacial score (nSPS) is 18.8. The van der Waals surface area contributed by atoms with Crippen LogP contribution in [-0.2, 0) is 46.6 Å². The highest BCUT2D eigenvalue weighted by molar-refractivity contribution is 6.01. The number of hydrogen-bond donors (Lipinski definition) is 2. The molecule has 2 aliphatic carbocycles. The van der Waals surface area contributed by atoms with Crippen molar-refractivity contribution in [3.63, 3.8) is 0 Å². The molecule has 2 aliphatic rings. The van der Waals surface area contributed by atoms with Gasteiger partial charge in [0.25, 0.3) is 11.8 Å². The van der Waals surface area contributed by atoms with Crippen molar-refractivity contribution in [2.24, 2.45) is 0 Å². The maximum atomic E-state index is 13.3. The lowest BCUT2D eigenvalue weighted by molar-refractivity contribution is 0.0886. The van der Waals surface area contributed by atoms with Gasteiger partial charge in [-0.1, -0.05) is 27.7 Å². The van der Waals surface area contributed by atoms with Crippen LogP contribution in [0.4, 0.5) is 0 Å². The molecule has 8 rings (SSSR count). The molecule has 6 aromatic rings. The Labute approximate surface area is 339 Å². The van der Waals surface area contributed by atoms with E-state index in [0.717, 1.165) is 83.8 Å². The topological polar surface area (TPSA) is 163 Å². The maximum absolute atomic E-state index is 13.3. The smallest absolute Gasteiger partial charge is 0.255 e. The van der Waals surface area contributed by atoms with Gasteiger partial charge in [-0.2, -0.15) is 0 Å². The van der Waals surface area contributed by atoms with Crippen LogP contribution in [0.2, 0.25) is 0 Å². The Kier molecular flexibility index (Phi) is 11.7. The standard InChI is InChI=1S/2C22H27N5O2/c1-14(2)19-10-15(12-29-4)27-9-7-16(20(27)25-19)21(28)26-22(3)8-5-6-18-17(22)11-23-13-24-18;1-14(2)19-10-15(12-29-4)25-20-16(7-9-27(19)20)21(28)26-22(3)8-5-6-18-17(22)11-23-13-24-18/h2*7,9-11,13-14H,5-6,8,12H2,1-4H3,(H,26,28). The molecule has 0 fully saturated rings. The lowest BCUT2D eigenvalue weighted by Gasteiger charge is -2.35. The Bertz CT molecular complexity index is 2380. The van der Waals surface area contributed by atoms with Crippen LogP contribution in [0.1, 0.15) is 145 Å². The number of methoxy groups -OCH3 is 2. The Morgan fingerprint density at radius 2 is 1.28 bits per heavy atom. The zero-order chi connectivity index (χ0) is 41.2. The predicted octanol–water partition coefficient (Wildman–Crippen LogP) is 6.75. The van der Waals surface area contributed by atoms with Crippen molar-refractivity contribution in [3.8, 4) is 0 Å². The number of aryl methyl sites for hydroxylation is 2. The molecule has 2 N–H and O–H groups in total. The summed E-state index contributed by atoms with van der Waals surface area (Å²) < 4.78 is 14.6. The number of fused-ring (bicyclic) bond motifs is 4. The predicted molar refractivity (Wildman–Crippen MR) is 220 cm³/mol. The van der Waals surface area contributed by atoms with Crippen molar-refractivity contribution in [1.29, 1.82) is 0 Å². The molecule has 0 saturated heterocycles. The zero-order valence-corrected chi connectivity index (χ0v) is 34.8. The first-order valence-corrected chi connectivity index (χ1v) is 20.1. The van der Waals surface area contributed by atoms with Gasteiger partial charge in [0, 0.05) is 72.9 Å². The second-order valence-electron chi connectivity index (χ2n) is 16.4. The molecule has 2 atom stereocenters. The van der Waals surface area contributed by atoms with Crippen molar-refractivity contribution in [1.82, 2.24) is 49.3 Å². The highest BCUT2D eigenvalue weighted by atomic mass is 16.5. The van der Waals surface area contributed by atoms with E-state index >= 15 is 0 Å². The molecule has 14 nitrogen and oxygen atoms in total. The summed E-state index contributed by atoms with van der Waals surface area (Å²) in [5.74, 6) is 0.271. The number of amides is 2. The van der Waals surface area contributed by atoms with Crippen LogP contribution < -0.4 is 10.6 Å². The Balaban J connectivity index is 0.000000177. The second-order valence-corrected chi connectivity index (χ2v) is 16.4. The molecular formula is C44H54N10O4. The lowest BCUT2D eigenvalue weighted by atomic mass is 9.80. The van der Waals surface area contributed by atoms with Gasteiger partial charge >= 0.3 is 0 Å².